The SMILES string of the molecule is Cc1cc(C(=O)N2CCCOc3cccc(c3)[C@H]3CN(C(=O)Cc4cc(F)cc(F)c4)C[C@@H]3C(=O)NCC2)no1. The van der Waals surface area contributed by atoms with Gasteiger partial charge >= 0.3 is 0 Å². The van der Waals surface area contributed by atoms with Gasteiger partial charge in [-0.3, -0.25) is 14.4 Å². The van der Waals surface area contributed by atoms with Crippen molar-refractivity contribution in [3.05, 3.63) is 82.7 Å². The van der Waals surface area contributed by atoms with Gasteiger partial charge in [0, 0.05) is 50.8 Å². The number of fused-ring (bicyclic) bond motifs is 4. The van der Waals surface area contributed by atoms with Gasteiger partial charge in [-0.05, 0) is 48.7 Å². The molecule has 40 heavy (non-hydrogen) atoms. The maximum Gasteiger partial charge on any atom is 0.276 e. The summed E-state index contributed by atoms with van der Waals surface area (Å²) < 4.78 is 38.4. The predicted octanol–water partition coefficient (Wildman–Crippen LogP) is 3.09. The first-order valence-electron chi connectivity index (χ1n) is 13.2. The average molecular weight is 553 g/mol. The third-order valence-corrected chi connectivity index (χ3v) is 7.23. The Morgan fingerprint density at radius 1 is 1.02 bits per heavy atom. The summed E-state index contributed by atoms with van der Waals surface area (Å²) >= 11 is 0. The normalized spacial score (nSPS) is 19.8. The number of hydrogen-bond donors (Lipinski definition) is 1. The highest BCUT2D eigenvalue weighted by atomic mass is 19.1. The number of halogens is 2. The molecule has 1 fully saturated rings. The molecule has 9 nitrogen and oxygen atoms in total. The van der Waals surface area contributed by atoms with Crippen LogP contribution >= 0.6 is 0 Å². The van der Waals surface area contributed by atoms with Gasteiger partial charge in [0.25, 0.3) is 5.91 Å². The second-order valence-electron chi connectivity index (χ2n) is 10.1. The quantitative estimate of drug-likeness (QED) is 0.536. The second-order valence-corrected chi connectivity index (χ2v) is 10.1. The Bertz CT molecular complexity index is 1390. The fraction of sp³-hybridized carbons (Fsp3) is 0.379. The number of carbonyl (C=O) groups excluding carboxylic acids is 3. The number of aryl methyl sites for hydroxylation is 1. The fourth-order valence-electron chi connectivity index (χ4n) is 5.28. The summed E-state index contributed by atoms with van der Waals surface area (Å²) in [6.45, 7) is 3.37. The molecule has 2 aromatic carbocycles. The molecule has 0 spiro atoms. The van der Waals surface area contributed by atoms with Gasteiger partial charge in [-0.25, -0.2) is 8.78 Å². The van der Waals surface area contributed by atoms with Crippen LogP contribution < -0.4 is 10.1 Å². The summed E-state index contributed by atoms with van der Waals surface area (Å²) in [5.41, 5.74) is 1.29. The van der Waals surface area contributed by atoms with E-state index >= 15 is 0 Å². The highest BCUT2D eigenvalue weighted by molar-refractivity contribution is 5.92. The third kappa shape index (κ3) is 6.30. The number of amides is 3. The lowest BCUT2D eigenvalue weighted by Gasteiger charge is -2.24. The molecule has 0 aliphatic carbocycles. The van der Waals surface area contributed by atoms with E-state index in [1.165, 1.54) is 0 Å². The van der Waals surface area contributed by atoms with Crippen molar-refractivity contribution in [2.75, 3.05) is 39.3 Å². The number of nitrogens with zero attached hydrogens (tertiary/aromatic N) is 3. The minimum atomic E-state index is -0.750. The predicted molar refractivity (Wildman–Crippen MR) is 140 cm³/mol. The molecule has 3 heterocycles. The van der Waals surface area contributed by atoms with Gasteiger partial charge in [0.15, 0.2) is 5.69 Å². The summed E-state index contributed by atoms with van der Waals surface area (Å²) in [5, 5.41) is 6.76. The Morgan fingerprint density at radius 2 is 1.80 bits per heavy atom. The van der Waals surface area contributed by atoms with E-state index < -0.39 is 17.6 Å². The minimum Gasteiger partial charge on any atom is -0.494 e. The van der Waals surface area contributed by atoms with E-state index in [1.54, 1.807) is 22.8 Å². The number of hydrogen-bond acceptors (Lipinski definition) is 6. The molecule has 5 rings (SSSR count). The highest BCUT2D eigenvalue weighted by Crippen LogP contribution is 2.35. The maximum atomic E-state index is 13.7. The van der Waals surface area contributed by atoms with Crippen molar-refractivity contribution in [3.8, 4) is 5.75 Å². The Labute approximate surface area is 230 Å². The average Bonchev–Trinajstić information content (AvgIpc) is 3.56. The van der Waals surface area contributed by atoms with Crippen LogP contribution in [0.25, 0.3) is 0 Å². The van der Waals surface area contributed by atoms with Crippen molar-refractivity contribution >= 4 is 17.7 Å². The Kier molecular flexibility index (Phi) is 8.09. The van der Waals surface area contributed by atoms with Gasteiger partial charge in [0.2, 0.25) is 11.8 Å². The smallest absolute Gasteiger partial charge is 0.276 e. The Morgan fingerprint density at radius 3 is 2.55 bits per heavy atom. The van der Waals surface area contributed by atoms with Gasteiger partial charge < -0.3 is 24.4 Å². The van der Waals surface area contributed by atoms with Crippen LogP contribution in [0.1, 0.15) is 39.7 Å². The summed E-state index contributed by atoms with van der Waals surface area (Å²) in [6, 6.07) is 12.0. The number of aromatic nitrogens is 1. The first-order valence-corrected chi connectivity index (χ1v) is 13.2. The molecule has 3 aromatic rings. The molecule has 2 aliphatic heterocycles. The summed E-state index contributed by atoms with van der Waals surface area (Å²) in [7, 11) is 0. The van der Waals surface area contributed by atoms with Crippen LogP contribution in [0.2, 0.25) is 0 Å². The van der Waals surface area contributed by atoms with Crippen LogP contribution in [-0.2, 0) is 16.0 Å². The maximum absolute atomic E-state index is 13.7. The Hall–Kier alpha value is -4.28. The largest absolute Gasteiger partial charge is 0.494 e. The molecule has 1 saturated heterocycles. The first kappa shape index (κ1) is 27.3. The van der Waals surface area contributed by atoms with Gasteiger partial charge in [-0.1, -0.05) is 17.3 Å². The summed E-state index contributed by atoms with van der Waals surface area (Å²) in [5.74, 6) is -2.09. The molecule has 11 heteroatoms. The molecule has 210 valence electrons. The van der Waals surface area contributed by atoms with Crippen LogP contribution in [0.3, 0.4) is 0 Å². The lowest BCUT2D eigenvalue weighted by Crippen LogP contribution is -2.42. The van der Waals surface area contributed by atoms with Gasteiger partial charge in [-0.2, -0.15) is 0 Å². The number of likely N-dealkylation sites (tertiary alicyclic amines) is 1. The molecule has 2 bridgehead atoms. The zero-order chi connectivity index (χ0) is 28.2. The second kappa shape index (κ2) is 11.8. The molecule has 2 atom stereocenters. The van der Waals surface area contributed by atoms with Gasteiger partial charge in [-0.15, -0.1) is 0 Å². The van der Waals surface area contributed by atoms with E-state index in [0.29, 0.717) is 31.1 Å². The third-order valence-electron chi connectivity index (χ3n) is 7.23. The van der Waals surface area contributed by atoms with Crippen molar-refractivity contribution in [3.63, 3.8) is 0 Å². The molecule has 3 amide bonds. The van der Waals surface area contributed by atoms with Crippen molar-refractivity contribution in [2.45, 2.75) is 25.7 Å². The molecule has 1 aromatic heterocycles. The number of ether oxygens (including phenoxy) is 1. The fourth-order valence-corrected chi connectivity index (χ4v) is 5.28. The van der Waals surface area contributed by atoms with Crippen molar-refractivity contribution in [2.24, 2.45) is 5.92 Å². The van der Waals surface area contributed by atoms with Crippen molar-refractivity contribution in [1.29, 1.82) is 0 Å². The standard InChI is InChI=1S/C29H30F2N4O5/c1-18-10-26(33-40-18)29(38)34-7-3-9-39-23-5-2-4-20(14-23)24-16-35(17-25(24)28(37)32-6-8-34)27(36)13-19-11-21(30)15-22(31)12-19/h2,4-5,10-12,14-15,24-25H,3,6-9,13,16-17H2,1H3,(H,32,37)/t24-,25+/m1/s1. The van der Waals surface area contributed by atoms with Crippen LogP contribution in [0.5, 0.6) is 5.75 Å². The van der Waals surface area contributed by atoms with Crippen molar-refractivity contribution < 1.29 is 32.4 Å². The van der Waals surface area contributed by atoms with Crippen LogP contribution in [0.15, 0.2) is 53.1 Å². The molecule has 2 aliphatic rings. The summed E-state index contributed by atoms with van der Waals surface area (Å²) in [6.07, 6.45) is 0.382. The minimum absolute atomic E-state index is 0.152. The highest BCUT2D eigenvalue weighted by Gasteiger charge is 2.40. The van der Waals surface area contributed by atoms with Gasteiger partial charge in [0.1, 0.15) is 23.1 Å². The van der Waals surface area contributed by atoms with Crippen LogP contribution in [0, 0.1) is 24.5 Å². The van der Waals surface area contributed by atoms with Gasteiger partial charge in [0.05, 0.1) is 18.9 Å². The monoisotopic (exact) mass is 552 g/mol. The molecule has 0 unspecified atom stereocenters. The van der Waals surface area contributed by atoms with E-state index in [9.17, 15) is 23.2 Å². The zero-order valence-electron chi connectivity index (χ0n) is 22.1. The molecular weight excluding hydrogens is 522 g/mol. The zero-order valence-corrected chi connectivity index (χ0v) is 22.1. The van der Waals surface area contributed by atoms with Crippen LogP contribution in [0.4, 0.5) is 8.78 Å². The lowest BCUT2D eigenvalue weighted by molar-refractivity contribution is -0.130. The number of nitrogens with one attached hydrogen (secondary N) is 1. The molecule has 1 N–H and O–H groups in total. The topological polar surface area (TPSA) is 105 Å². The Balaban J connectivity index is 1.34. The number of benzene rings is 2. The first-order chi connectivity index (χ1) is 19.3. The van der Waals surface area contributed by atoms with Crippen LogP contribution in [-0.4, -0.2) is 72.0 Å². The molecular formula is C29H30F2N4O5. The van der Waals surface area contributed by atoms with E-state index in [-0.39, 0.29) is 67.5 Å². The van der Waals surface area contributed by atoms with E-state index in [2.05, 4.69) is 10.5 Å². The van der Waals surface area contributed by atoms with E-state index in [4.69, 9.17) is 9.26 Å². The summed E-state index contributed by atoms with van der Waals surface area (Å²) in [4.78, 5) is 42.7. The lowest BCUT2D eigenvalue weighted by atomic mass is 9.88. The molecule has 0 saturated carbocycles. The van der Waals surface area contributed by atoms with E-state index in [1.807, 2.05) is 24.3 Å². The van der Waals surface area contributed by atoms with E-state index in [0.717, 1.165) is 23.8 Å². The number of carbonyl (C=O) groups is 3. The van der Waals surface area contributed by atoms with Crippen molar-refractivity contribution in [1.82, 2.24) is 20.3 Å². The molecule has 0 radical (unpaired) electrons. The number of rotatable bonds is 3.